The molecular formula is C12H18N4. The lowest BCUT2D eigenvalue weighted by molar-refractivity contribution is 0.548. The highest BCUT2D eigenvalue weighted by Crippen LogP contribution is 2.19. The van der Waals surface area contributed by atoms with Gasteiger partial charge in [-0.2, -0.15) is 0 Å². The topological polar surface area (TPSA) is 35.6 Å². The Hall–Kier alpha value is -1.58. The van der Waals surface area contributed by atoms with Crippen molar-refractivity contribution >= 4 is 0 Å². The van der Waals surface area contributed by atoms with Crippen molar-refractivity contribution in [1.82, 2.24) is 19.5 Å². The van der Waals surface area contributed by atoms with Crippen LogP contribution in [0.25, 0.3) is 0 Å². The van der Waals surface area contributed by atoms with Crippen LogP contribution in [0.2, 0.25) is 0 Å². The molecule has 0 saturated carbocycles. The Balaban J connectivity index is 2.59. The average molecular weight is 218 g/mol. The normalized spacial score (nSPS) is 11.6. The molecule has 2 aromatic heterocycles. The highest BCUT2D eigenvalue weighted by molar-refractivity contribution is 5.06. The minimum Gasteiger partial charge on any atom is -0.261 e. The Morgan fingerprint density at radius 1 is 0.875 bits per heavy atom. The monoisotopic (exact) mass is 218 g/mol. The van der Waals surface area contributed by atoms with Gasteiger partial charge in [-0.05, 0) is 12.1 Å². The first-order chi connectivity index (χ1) is 7.61. The second-order valence-electron chi connectivity index (χ2n) is 4.60. The lowest BCUT2D eigenvalue weighted by atomic mass is 10.2. The van der Waals surface area contributed by atoms with E-state index in [0.717, 1.165) is 11.6 Å². The van der Waals surface area contributed by atoms with Gasteiger partial charge in [0.15, 0.2) is 11.6 Å². The first-order valence-corrected chi connectivity index (χ1v) is 5.70. The summed E-state index contributed by atoms with van der Waals surface area (Å²) >= 11 is 0. The largest absolute Gasteiger partial charge is 0.261 e. The Kier molecular flexibility index (Phi) is 2.81. The zero-order chi connectivity index (χ0) is 11.7. The maximum atomic E-state index is 4.28. The number of rotatable bonds is 3. The third-order valence-electron chi connectivity index (χ3n) is 2.54. The molecule has 0 aliphatic rings. The lowest BCUT2D eigenvalue weighted by Crippen LogP contribution is -2.16. The van der Waals surface area contributed by atoms with Crippen LogP contribution in [0.5, 0.6) is 0 Å². The molecular weight excluding hydrogens is 200 g/mol. The molecule has 0 saturated heterocycles. The first kappa shape index (κ1) is 10.9. The molecule has 2 heterocycles. The van der Waals surface area contributed by atoms with Crippen molar-refractivity contribution in [3.8, 4) is 0 Å². The lowest BCUT2D eigenvalue weighted by Gasteiger charge is -2.14. The minimum atomic E-state index is 0.363. The first-order valence-electron chi connectivity index (χ1n) is 5.70. The van der Waals surface area contributed by atoms with E-state index in [-0.39, 0.29) is 0 Å². The fraction of sp³-hybridized carbons (Fsp3) is 0.500. The number of aromatic nitrogens is 4. The maximum absolute atomic E-state index is 4.28. The van der Waals surface area contributed by atoms with Crippen molar-refractivity contribution in [2.24, 2.45) is 0 Å². The molecule has 16 heavy (non-hydrogen) atoms. The van der Waals surface area contributed by atoms with Crippen LogP contribution in [0.4, 0.5) is 0 Å². The molecule has 4 nitrogen and oxygen atoms in total. The fourth-order valence-corrected chi connectivity index (χ4v) is 1.72. The third-order valence-corrected chi connectivity index (χ3v) is 2.54. The Bertz CT molecular complexity index is 426. The van der Waals surface area contributed by atoms with E-state index < -0.39 is 0 Å². The Morgan fingerprint density at radius 3 is 1.69 bits per heavy atom. The summed E-state index contributed by atoms with van der Waals surface area (Å²) in [5.74, 6) is 2.73. The molecule has 0 aliphatic carbocycles. The molecule has 2 rings (SSSR count). The Labute approximate surface area is 95.9 Å². The summed E-state index contributed by atoms with van der Waals surface area (Å²) in [4.78, 5) is 0. The van der Waals surface area contributed by atoms with E-state index in [9.17, 15) is 0 Å². The van der Waals surface area contributed by atoms with Gasteiger partial charge in [0.1, 0.15) is 0 Å². The van der Waals surface area contributed by atoms with Gasteiger partial charge in [0.05, 0.1) is 0 Å². The van der Waals surface area contributed by atoms with E-state index in [1.54, 1.807) is 0 Å². The molecule has 4 heteroatoms. The zero-order valence-electron chi connectivity index (χ0n) is 10.3. The smallest absolute Gasteiger partial charge is 0.155 e. The molecule has 0 bridgehead atoms. The molecule has 2 aromatic rings. The second-order valence-corrected chi connectivity index (χ2v) is 4.60. The van der Waals surface area contributed by atoms with E-state index >= 15 is 0 Å². The maximum Gasteiger partial charge on any atom is 0.155 e. The molecule has 0 N–H and O–H groups in total. The van der Waals surface area contributed by atoms with E-state index in [1.165, 1.54) is 0 Å². The van der Waals surface area contributed by atoms with E-state index in [4.69, 9.17) is 0 Å². The van der Waals surface area contributed by atoms with Gasteiger partial charge in [-0.25, -0.2) is 4.68 Å². The van der Waals surface area contributed by atoms with Gasteiger partial charge < -0.3 is 0 Å². The van der Waals surface area contributed by atoms with Gasteiger partial charge in [0, 0.05) is 24.2 Å². The van der Waals surface area contributed by atoms with Gasteiger partial charge in [-0.1, -0.05) is 27.7 Å². The molecule has 0 amide bonds. The van der Waals surface area contributed by atoms with Crippen LogP contribution < -0.4 is 0 Å². The third kappa shape index (κ3) is 1.75. The second kappa shape index (κ2) is 4.12. The van der Waals surface area contributed by atoms with E-state index in [0.29, 0.717) is 11.8 Å². The summed E-state index contributed by atoms with van der Waals surface area (Å²) in [5, 5.41) is 8.57. The Morgan fingerprint density at radius 2 is 1.31 bits per heavy atom. The molecule has 0 aromatic carbocycles. The van der Waals surface area contributed by atoms with E-state index in [1.807, 2.05) is 29.2 Å². The summed E-state index contributed by atoms with van der Waals surface area (Å²) in [6, 6.07) is 4.02. The van der Waals surface area contributed by atoms with Crippen LogP contribution >= 0.6 is 0 Å². The molecule has 0 spiro atoms. The number of hydrogen-bond donors (Lipinski definition) is 0. The van der Waals surface area contributed by atoms with Crippen LogP contribution in [0, 0.1) is 0 Å². The summed E-state index contributed by atoms with van der Waals surface area (Å²) in [7, 11) is 0. The molecule has 0 fully saturated rings. The van der Waals surface area contributed by atoms with Gasteiger partial charge in [0.2, 0.25) is 0 Å². The van der Waals surface area contributed by atoms with Crippen molar-refractivity contribution in [2.45, 2.75) is 39.5 Å². The summed E-state index contributed by atoms with van der Waals surface area (Å²) in [6.45, 7) is 8.53. The summed E-state index contributed by atoms with van der Waals surface area (Å²) < 4.78 is 4.12. The van der Waals surface area contributed by atoms with Crippen LogP contribution in [-0.2, 0) is 0 Å². The van der Waals surface area contributed by atoms with Gasteiger partial charge in [-0.3, -0.25) is 4.68 Å². The molecule has 0 aliphatic heterocycles. The van der Waals surface area contributed by atoms with Crippen LogP contribution in [0.1, 0.15) is 51.2 Å². The highest BCUT2D eigenvalue weighted by Gasteiger charge is 2.17. The molecule has 0 radical (unpaired) electrons. The predicted octanol–water partition coefficient (Wildman–Crippen LogP) is 2.64. The molecule has 86 valence electrons. The van der Waals surface area contributed by atoms with Crippen molar-refractivity contribution in [3.05, 3.63) is 36.2 Å². The zero-order valence-corrected chi connectivity index (χ0v) is 10.3. The molecule has 0 atom stereocenters. The van der Waals surface area contributed by atoms with Gasteiger partial charge >= 0.3 is 0 Å². The van der Waals surface area contributed by atoms with Crippen molar-refractivity contribution in [2.75, 3.05) is 0 Å². The summed E-state index contributed by atoms with van der Waals surface area (Å²) in [6.07, 6.45) is 4.03. The van der Waals surface area contributed by atoms with Crippen LogP contribution in [0.15, 0.2) is 24.5 Å². The molecule has 0 unspecified atom stereocenters. The van der Waals surface area contributed by atoms with Crippen molar-refractivity contribution in [3.63, 3.8) is 0 Å². The average Bonchev–Trinajstić information content (AvgIpc) is 2.85. The van der Waals surface area contributed by atoms with Crippen LogP contribution in [-0.4, -0.2) is 19.5 Å². The van der Waals surface area contributed by atoms with Crippen LogP contribution in [0.3, 0.4) is 0 Å². The van der Waals surface area contributed by atoms with Gasteiger partial charge in [-0.15, -0.1) is 10.2 Å². The fourth-order valence-electron chi connectivity index (χ4n) is 1.72. The minimum absolute atomic E-state index is 0.363. The summed E-state index contributed by atoms with van der Waals surface area (Å²) in [5.41, 5.74) is 0. The van der Waals surface area contributed by atoms with Crippen molar-refractivity contribution in [1.29, 1.82) is 0 Å². The van der Waals surface area contributed by atoms with E-state index in [2.05, 4.69) is 42.6 Å². The van der Waals surface area contributed by atoms with Gasteiger partial charge in [0.25, 0.3) is 0 Å². The number of hydrogen-bond acceptors (Lipinski definition) is 2. The highest BCUT2D eigenvalue weighted by atomic mass is 15.5. The standard InChI is InChI=1S/C12H18N4/c1-9(2)11-13-14-12(10(3)4)16(11)15-7-5-6-8-15/h5-10H,1-4H3. The SMILES string of the molecule is CC(C)c1nnc(C(C)C)n1-n1cccc1. The quantitative estimate of drug-likeness (QED) is 0.794. The predicted molar refractivity (Wildman–Crippen MR) is 63.4 cm³/mol. The van der Waals surface area contributed by atoms with Crippen molar-refractivity contribution < 1.29 is 0 Å². The number of nitrogens with zero attached hydrogens (tertiary/aromatic N) is 4.